The molecule has 8 heteroatoms. The maximum Gasteiger partial charge on any atom is 0.282 e. The Bertz CT molecular complexity index is 764. The zero-order chi connectivity index (χ0) is 18.4. The highest BCUT2D eigenvalue weighted by Gasteiger charge is 2.27. The molecule has 136 valence electrons. The van der Waals surface area contributed by atoms with Crippen molar-refractivity contribution >= 4 is 34.5 Å². The number of para-hydroxylation sites is 1. The second kappa shape index (κ2) is 8.57. The maximum absolute atomic E-state index is 12.7. The fourth-order valence-corrected chi connectivity index (χ4v) is 3.38. The van der Waals surface area contributed by atoms with E-state index in [1.54, 1.807) is 24.3 Å². The highest BCUT2D eigenvalue weighted by molar-refractivity contribution is 8.13. The van der Waals surface area contributed by atoms with Crippen LogP contribution in [0.25, 0.3) is 0 Å². The summed E-state index contributed by atoms with van der Waals surface area (Å²) in [5, 5.41) is 2.65. The van der Waals surface area contributed by atoms with Crippen molar-refractivity contribution in [1.82, 2.24) is 9.80 Å². The summed E-state index contributed by atoms with van der Waals surface area (Å²) in [5.41, 5.74) is 0.661. The van der Waals surface area contributed by atoms with Crippen molar-refractivity contribution in [3.05, 3.63) is 54.5 Å². The van der Waals surface area contributed by atoms with Crippen molar-refractivity contribution in [2.24, 2.45) is 0 Å². The van der Waals surface area contributed by atoms with Gasteiger partial charge in [0.15, 0.2) is 0 Å². The van der Waals surface area contributed by atoms with E-state index in [-0.39, 0.29) is 36.7 Å². The van der Waals surface area contributed by atoms with E-state index in [0.29, 0.717) is 23.7 Å². The minimum Gasteiger partial charge on any atom is -0.467 e. The topological polar surface area (TPSA) is 82.9 Å². The SMILES string of the molecule is O=C(CN(Cc1ccco1)C(=O)CN1CCSC1=O)Nc1ccccc1. The molecule has 2 aromatic rings. The number of anilines is 1. The molecule has 1 saturated heterocycles. The van der Waals surface area contributed by atoms with Gasteiger partial charge in [-0.2, -0.15) is 0 Å². The van der Waals surface area contributed by atoms with E-state index in [4.69, 9.17) is 4.42 Å². The van der Waals surface area contributed by atoms with Gasteiger partial charge >= 0.3 is 0 Å². The summed E-state index contributed by atoms with van der Waals surface area (Å²) in [6.07, 6.45) is 1.52. The van der Waals surface area contributed by atoms with Crippen LogP contribution in [-0.4, -0.2) is 52.2 Å². The molecule has 0 bridgehead atoms. The zero-order valence-electron chi connectivity index (χ0n) is 14.1. The average Bonchev–Trinajstić information content (AvgIpc) is 3.27. The summed E-state index contributed by atoms with van der Waals surface area (Å²) in [6.45, 7) is 0.554. The quantitative estimate of drug-likeness (QED) is 0.806. The first kappa shape index (κ1) is 18.1. The van der Waals surface area contributed by atoms with E-state index in [2.05, 4.69) is 5.32 Å². The molecule has 1 aliphatic rings. The number of thioether (sulfide) groups is 1. The lowest BCUT2D eigenvalue weighted by Crippen LogP contribution is -2.43. The van der Waals surface area contributed by atoms with Crippen LogP contribution >= 0.6 is 11.8 Å². The molecule has 7 nitrogen and oxygen atoms in total. The highest BCUT2D eigenvalue weighted by atomic mass is 32.2. The molecule has 0 radical (unpaired) electrons. The standard InChI is InChI=1S/C18H19N3O4S/c22-16(19-14-5-2-1-3-6-14)12-21(11-15-7-4-9-25-15)17(23)13-20-8-10-26-18(20)24/h1-7,9H,8,10-13H2,(H,19,22). The van der Waals surface area contributed by atoms with Crippen molar-refractivity contribution in [2.45, 2.75) is 6.54 Å². The molecular weight excluding hydrogens is 354 g/mol. The number of rotatable bonds is 7. The van der Waals surface area contributed by atoms with Gasteiger partial charge in [0.05, 0.1) is 12.8 Å². The van der Waals surface area contributed by atoms with E-state index < -0.39 is 0 Å². The Kier molecular flexibility index (Phi) is 5.96. The Balaban J connectivity index is 1.65. The first-order valence-electron chi connectivity index (χ1n) is 8.18. The van der Waals surface area contributed by atoms with Crippen LogP contribution in [0.2, 0.25) is 0 Å². The number of hydrogen-bond acceptors (Lipinski definition) is 5. The zero-order valence-corrected chi connectivity index (χ0v) is 14.9. The minimum absolute atomic E-state index is 0.0365. The van der Waals surface area contributed by atoms with Crippen molar-refractivity contribution in [2.75, 3.05) is 30.7 Å². The number of benzene rings is 1. The smallest absolute Gasteiger partial charge is 0.282 e. The van der Waals surface area contributed by atoms with Crippen LogP contribution in [0.1, 0.15) is 5.76 Å². The Morgan fingerprint density at radius 2 is 2.00 bits per heavy atom. The van der Waals surface area contributed by atoms with Crippen molar-refractivity contribution in [1.29, 1.82) is 0 Å². The van der Waals surface area contributed by atoms with Gasteiger partial charge in [0.2, 0.25) is 11.8 Å². The number of amides is 3. The molecule has 26 heavy (non-hydrogen) atoms. The molecular formula is C18H19N3O4S. The minimum atomic E-state index is -0.307. The Labute approximate surface area is 155 Å². The fraction of sp³-hybridized carbons (Fsp3) is 0.278. The van der Waals surface area contributed by atoms with Crippen LogP contribution in [0.5, 0.6) is 0 Å². The van der Waals surface area contributed by atoms with Crippen molar-refractivity contribution in [3.8, 4) is 0 Å². The van der Waals surface area contributed by atoms with E-state index in [0.717, 1.165) is 0 Å². The normalized spacial score (nSPS) is 13.7. The largest absolute Gasteiger partial charge is 0.467 e. The summed E-state index contributed by atoms with van der Waals surface area (Å²) in [7, 11) is 0. The molecule has 2 heterocycles. The molecule has 0 saturated carbocycles. The lowest BCUT2D eigenvalue weighted by atomic mass is 10.3. The van der Waals surface area contributed by atoms with Gasteiger partial charge in [0.1, 0.15) is 18.8 Å². The number of carbonyl (C=O) groups excluding carboxylic acids is 3. The van der Waals surface area contributed by atoms with Crippen LogP contribution in [0.4, 0.5) is 10.5 Å². The summed E-state index contributed by atoms with van der Waals surface area (Å²) >= 11 is 1.20. The third-order valence-corrected chi connectivity index (χ3v) is 4.73. The number of furan rings is 1. The van der Waals surface area contributed by atoms with Gasteiger partial charge in [0, 0.05) is 18.0 Å². The molecule has 1 aromatic heterocycles. The third-order valence-electron chi connectivity index (χ3n) is 3.84. The number of nitrogens with one attached hydrogen (secondary N) is 1. The molecule has 0 unspecified atom stereocenters. The first-order chi connectivity index (χ1) is 12.6. The molecule has 0 aliphatic carbocycles. The van der Waals surface area contributed by atoms with Gasteiger partial charge in [-0.1, -0.05) is 30.0 Å². The molecule has 3 rings (SSSR count). The summed E-state index contributed by atoms with van der Waals surface area (Å²) in [5.74, 6) is 0.658. The summed E-state index contributed by atoms with van der Waals surface area (Å²) in [6, 6.07) is 12.5. The second-order valence-electron chi connectivity index (χ2n) is 5.78. The highest BCUT2D eigenvalue weighted by Crippen LogP contribution is 2.17. The number of nitrogens with zero attached hydrogens (tertiary/aromatic N) is 2. The monoisotopic (exact) mass is 373 g/mol. The second-order valence-corrected chi connectivity index (χ2v) is 6.83. The van der Waals surface area contributed by atoms with Crippen LogP contribution in [-0.2, 0) is 16.1 Å². The average molecular weight is 373 g/mol. The van der Waals surface area contributed by atoms with Crippen LogP contribution in [0.3, 0.4) is 0 Å². The van der Waals surface area contributed by atoms with E-state index in [9.17, 15) is 14.4 Å². The van der Waals surface area contributed by atoms with Gasteiger partial charge in [-0.05, 0) is 24.3 Å². The number of carbonyl (C=O) groups is 3. The Morgan fingerprint density at radius 1 is 1.19 bits per heavy atom. The molecule has 1 N–H and O–H groups in total. The summed E-state index contributed by atoms with van der Waals surface area (Å²) < 4.78 is 5.29. The van der Waals surface area contributed by atoms with Crippen LogP contribution < -0.4 is 5.32 Å². The van der Waals surface area contributed by atoms with Crippen molar-refractivity contribution in [3.63, 3.8) is 0 Å². The van der Waals surface area contributed by atoms with Gasteiger partial charge < -0.3 is 19.5 Å². The first-order valence-corrected chi connectivity index (χ1v) is 9.17. The van der Waals surface area contributed by atoms with Gasteiger partial charge in [0.25, 0.3) is 5.24 Å². The summed E-state index contributed by atoms with van der Waals surface area (Å²) in [4.78, 5) is 39.6. The predicted molar refractivity (Wildman–Crippen MR) is 98.6 cm³/mol. The maximum atomic E-state index is 12.7. The predicted octanol–water partition coefficient (Wildman–Crippen LogP) is 2.42. The molecule has 1 fully saturated rings. The van der Waals surface area contributed by atoms with Gasteiger partial charge in [-0.3, -0.25) is 14.4 Å². The fourth-order valence-electron chi connectivity index (χ4n) is 2.55. The lowest BCUT2D eigenvalue weighted by molar-refractivity contribution is -0.135. The van der Waals surface area contributed by atoms with E-state index >= 15 is 0 Å². The molecule has 1 aliphatic heterocycles. The molecule has 0 spiro atoms. The van der Waals surface area contributed by atoms with E-state index in [1.165, 1.54) is 27.8 Å². The molecule has 0 atom stereocenters. The van der Waals surface area contributed by atoms with Crippen LogP contribution in [0, 0.1) is 0 Å². The van der Waals surface area contributed by atoms with Crippen molar-refractivity contribution < 1.29 is 18.8 Å². The molecule has 3 amide bonds. The van der Waals surface area contributed by atoms with Crippen LogP contribution in [0.15, 0.2) is 53.1 Å². The Hall–Kier alpha value is -2.74. The van der Waals surface area contributed by atoms with Gasteiger partial charge in [-0.25, -0.2) is 0 Å². The van der Waals surface area contributed by atoms with Gasteiger partial charge in [-0.15, -0.1) is 0 Å². The number of hydrogen-bond donors (Lipinski definition) is 1. The van der Waals surface area contributed by atoms with E-state index in [1.807, 2.05) is 18.2 Å². The lowest BCUT2D eigenvalue weighted by Gasteiger charge is -2.24. The molecule has 1 aromatic carbocycles. The third kappa shape index (κ3) is 4.89. The Morgan fingerprint density at radius 3 is 2.65 bits per heavy atom.